The molecule has 2 aromatic rings. The summed E-state index contributed by atoms with van der Waals surface area (Å²) in [5, 5.41) is 11.9. The van der Waals surface area contributed by atoms with Gasteiger partial charge in [0, 0.05) is 19.0 Å². The molecular weight excluding hydrogens is 546 g/mol. The number of carboxylic acid groups (broad SMARTS) is 1. The number of fused-ring (bicyclic) bond motifs is 1. The van der Waals surface area contributed by atoms with Crippen molar-refractivity contribution in [3.05, 3.63) is 42.0 Å². The summed E-state index contributed by atoms with van der Waals surface area (Å²) in [6.45, 7) is 3.55. The minimum absolute atomic E-state index is 0.0196. The standard InChI is InChI=1S/C30H41N3O9/c1-4-5-12-33(42-13-8-11-31)27(34)17-32-16-21(20-14-25(38-3)29-26(15-20)40-19-41-29)28(30(35)36)22(32)18-39-24-10-7-6-9-23(24)37-2/h6-7,9-10,14-15,21-22,28H,4-5,8,11-13,16-19,31H2,1-3H3,(H,35,36)/t21-,22+,28-/m1/s1. The number of unbranched alkanes of at least 4 members (excludes halogenated alkanes) is 1. The van der Waals surface area contributed by atoms with E-state index in [1.807, 2.05) is 24.0 Å². The number of hydroxylamine groups is 2. The molecule has 0 aromatic heterocycles. The number of ether oxygens (including phenoxy) is 5. The molecule has 1 amide bonds. The lowest BCUT2D eigenvalue weighted by atomic mass is 9.85. The molecule has 1 fully saturated rings. The summed E-state index contributed by atoms with van der Waals surface area (Å²) in [6, 6.07) is 10.1. The van der Waals surface area contributed by atoms with E-state index >= 15 is 0 Å². The van der Waals surface area contributed by atoms with Gasteiger partial charge in [0.25, 0.3) is 5.91 Å². The van der Waals surface area contributed by atoms with Gasteiger partial charge in [-0.2, -0.15) is 0 Å². The van der Waals surface area contributed by atoms with Crippen molar-refractivity contribution in [2.24, 2.45) is 11.7 Å². The van der Waals surface area contributed by atoms with Crippen LogP contribution in [0.3, 0.4) is 0 Å². The number of amides is 1. The quantitative estimate of drug-likeness (QED) is 0.221. The topological polar surface area (TPSA) is 142 Å². The van der Waals surface area contributed by atoms with E-state index in [4.69, 9.17) is 34.3 Å². The van der Waals surface area contributed by atoms with Crippen LogP contribution in [0.4, 0.5) is 0 Å². The molecular formula is C30H41N3O9. The van der Waals surface area contributed by atoms with E-state index in [0.29, 0.717) is 60.4 Å². The second-order valence-electron chi connectivity index (χ2n) is 10.2. The van der Waals surface area contributed by atoms with Crippen molar-refractivity contribution in [2.45, 2.75) is 38.1 Å². The van der Waals surface area contributed by atoms with Crippen LogP contribution in [0.5, 0.6) is 28.7 Å². The monoisotopic (exact) mass is 587 g/mol. The van der Waals surface area contributed by atoms with Crippen molar-refractivity contribution >= 4 is 11.9 Å². The number of carbonyl (C=O) groups is 2. The summed E-state index contributed by atoms with van der Waals surface area (Å²) < 4.78 is 28.2. The van der Waals surface area contributed by atoms with Crippen molar-refractivity contribution in [3.63, 3.8) is 0 Å². The highest BCUT2D eigenvalue weighted by molar-refractivity contribution is 5.78. The molecule has 2 aromatic carbocycles. The Bertz CT molecular complexity index is 1210. The van der Waals surface area contributed by atoms with Crippen LogP contribution in [-0.4, -0.2) is 93.4 Å². The molecule has 2 heterocycles. The number of hydrogen-bond acceptors (Lipinski definition) is 10. The fourth-order valence-corrected chi connectivity index (χ4v) is 5.39. The molecule has 3 N–H and O–H groups in total. The highest BCUT2D eigenvalue weighted by Crippen LogP contribution is 2.47. The highest BCUT2D eigenvalue weighted by atomic mass is 16.7. The normalized spacial score (nSPS) is 19.5. The third kappa shape index (κ3) is 7.18. The van der Waals surface area contributed by atoms with Gasteiger partial charge in [0.1, 0.15) is 6.61 Å². The number of rotatable bonds is 16. The average molecular weight is 588 g/mol. The first-order chi connectivity index (χ1) is 20.4. The summed E-state index contributed by atoms with van der Waals surface area (Å²) in [6.07, 6.45) is 2.27. The molecule has 2 aliphatic heterocycles. The van der Waals surface area contributed by atoms with Crippen molar-refractivity contribution in [1.82, 2.24) is 9.96 Å². The zero-order valence-electron chi connectivity index (χ0n) is 24.5. The van der Waals surface area contributed by atoms with Gasteiger partial charge in [0.2, 0.25) is 12.5 Å². The lowest BCUT2D eigenvalue weighted by Crippen LogP contribution is -2.46. The number of para-hydroxylation sites is 2. The van der Waals surface area contributed by atoms with Crippen molar-refractivity contribution in [2.75, 3.05) is 60.4 Å². The molecule has 230 valence electrons. The number of methoxy groups -OCH3 is 2. The molecule has 0 bridgehead atoms. The number of benzene rings is 2. The average Bonchev–Trinajstić information content (AvgIpc) is 3.62. The first kappa shape index (κ1) is 31.2. The number of aliphatic carboxylic acids is 1. The zero-order chi connectivity index (χ0) is 30.1. The SMILES string of the molecule is CCCCN(OCCCN)C(=O)CN1C[C@H](c2cc(OC)c3c(c2)OCO3)[C@@H](C(=O)O)[C@@H]1COc1ccccc1OC. The molecule has 12 nitrogen and oxygen atoms in total. The van der Waals surface area contributed by atoms with Crippen molar-refractivity contribution in [3.8, 4) is 28.7 Å². The number of nitrogens with two attached hydrogens (primary N) is 1. The van der Waals surface area contributed by atoms with E-state index in [9.17, 15) is 14.7 Å². The van der Waals surface area contributed by atoms with Crippen LogP contribution in [0.1, 0.15) is 37.7 Å². The molecule has 0 aliphatic carbocycles. The van der Waals surface area contributed by atoms with Crippen molar-refractivity contribution in [1.29, 1.82) is 0 Å². The first-order valence-corrected chi connectivity index (χ1v) is 14.2. The zero-order valence-corrected chi connectivity index (χ0v) is 24.5. The maximum atomic E-state index is 13.6. The van der Waals surface area contributed by atoms with E-state index < -0.39 is 23.8 Å². The Morgan fingerprint density at radius 1 is 1.10 bits per heavy atom. The molecule has 42 heavy (non-hydrogen) atoms. The Morgan fingerprint density at radius 2 is 1.86 bits per heavy atom. The Morgan fingerprint density at radius 3 is 2.55 bits per heavy atom. The highest BCUT2D eigenvalue weighted by Gasteiger charge is 2.48. The van der Waals surface area contributed by atoms with E-state index in [2.05, 4.69) is 0 Å². The fraction of sp³-hybridized carbons (Fsp3) is 0.533. The van der Waals surface area contributed by atoms with Gasteiger partial charge in [-0.3, -0.25) is 19.3 Å². The molecule has 3 atom stereocenters. The van der Waals surface area contributed by atoms with Crippen LogP contribution >= 0.6 is 0 Å². The smallest absolute Gasteiger partial charge is 0.308 e. The first-order valence-electron chi connectivity index (χ1n) is 14.2. The Kier molecular flexibility index (Phi) is 11.1. The van der Waals surface area contributed by atoms with Crippen molar-refractivity contribution < 1.29 is 43.2 Å². The minimum atomic E-state index is -0.998. The van der Waals surface area contributed by atoms with Gasteiger partial charge in [-0.15, -0.1) is 0 Å². The summed E-state index contributed by atoms with van der Waals surface area (Å²) >= 11 is 0. The number of carbonyl (C=O) groups excluding carboxylic acids is 1. The third-order valence-electron chi connectivity index (χ3n) is 7.55. The molecule has 0 spiro atoms. The van der Waals surface area contributed by atoms with E-state index in [-0.39, 0.29) is 32.4 Å². The molecule has 12 heteroatoms. The lowest BCUT2D eigenvalue weighted by Gasteiger charge is -2.29. The lowest BCUT2D eigenvalue weighted by molar-refractivity contribution is -0.188. The summed E-state index contributed by atoms with van der Waals surface area (Å²) in [4.78, 5) is 34.1. The van der Waals surface area contributed by atoms with Gasteiger partial charge in [-0.05, 0) is 49.2 Å². The predicted molar refractivity (Wildman–Crippen MR) is 153 cm³/mol. The van der Waals surface area contributed by atoms with Crippen LogP contribution in [0.25, 0.3) is 0 Å². The number of nitrogens with zero attached hydrogens (tertiary/aromatic N) is 2. The minimum Gasteiger partial charge on any atom is -0.493 e. The van der Waals surface area contributed by atoms with E-state index in [1.165, 1.54) is 12.2 Å². The molecule has 0 saturated carbocycles. The Labute approximate surface area is 246 Å². The van der Waals surface area contributed by atoms with Crippen LogP contribution < -0.4 is 29.4 Å². The Balaban J connectivity index is 1.64. The molecule has 0 unspecified atom stereocenters. The third-order valence-corrected chi connectivity index (χ3v) is 7.55. The van der Waals surface area contributed by atoms with Gasteiger partial charge < -0.3 is 34.5 Å². The summed E-state index contributed by atoms with van der Waals surface area (Å²) in [5.74, 6) is -0.205. The van der Waals surface area contributed by atoms with E-state index in [1.54, 1.807) is 31.4 Å². The van der Waals surface area contributed by atoms with Gasteiger partial charge in [0.05, 0.1) is 39.3 Å². The second kappa shape index (κ2) is 14.9. The van der Waals surface area contributed by atoms with Crippen LogP contribution in [0.2, 0.25) is 0 Å². The molecule has 2 aliphatic rings. The maximum Gasteiger partial charge on any atom is 0.308 e. The number of likely N-dealkylation sites (tertiary alicyclic amines) is 1. The number of hydrogen-bond donors (Lipinski definition) is 2. The van der Waals surface area contributed by atoms with Gasteiger partial charge in [-0.1, -0.05) is 25.5 Å². The molecule has 1 saturated heterocycles. The van der Waals surface area contributed by atoms with E-state index in [0.717, 1.165) is 12.8 Å². The number of carboxylic acids is 1. The van der Waals surface area contributed by atoms with Gasteiger partial charge in [0.15, 0.2) is 23.0 Å². The second-order valence-corrected chi connectivity index (χ2v) is 10.2. The van der Waals surface area contributed by atoms with Gasteiger partial charge >= 0.3 is 5.97 Å². The summed E-state index contributed by atoms with van der Waals surface area (Å²) in [5.41, 5.74) is 6.33. The largest absolute Gasteiger partial charge is 0.493 e. The van der Waals surface area contributed by atoms with Crippen LogP contribution in [0, 0.1) is 5.92 Å². The van der Waals surface area contributed by atoms with Crippen LogP contribution in [-0.2, 0) is 14.4 Å². The molecule has 0 radical (unpaired) electrons. The fourth-order valence-electron chi connectivity index (χ4n) is 5.39. The maximum absolute atomic E-state index is 13.6. The summed E-state index contributed by atoms with van der Waals surface area (Å²) in [7, 11) is 3.07. The predicted octanol–water partition coefficient (Wildman–Crippen LogP) is 2.89. The molecule has 4 rings (SSSR count). The Hall–Kier alpha value is -3.74. The van der Waals surface area contributed by atoms with Crippen LogP contribution in [0.15, 0.2) is 36.4 Å². The van der Waals surface area contributed by atoms with Gasteiger partial charge in [-0.25, -0.2) is 5.06 Å².